The maximum atomic E-state index is 12.9. The highest BCUT2D eigenvalue weighted by molar-refractivity contribution is 7.17. The van der Waals surface area contributed by atoms with Crippen molar-refractivity contribution in [2.24, 2.45) is 0 Å². The molecule has 0 aliphatic heterocycles. The number of amides is 1. The summed E-state index contributed by atoms with van der Waals surface area (Å²) in [7, 11) is 1.56. The topological polar surface area (TPSA) is 73.9 Å². The van der Waals surface area contributed by atoms with Gasteiger partial charge in [-0.05, 0) is 60.9 Å². The second-order valence-electron chi connectivity index (χ2n) is 8.47. The van der Waals surface area contributed by atoms with E-state index in [1.807, 2.05) is 67.6 Å². The van der Waals surface area contributed by atoms with Crippen LogP contribution >= 0.6 is 22.9 Å². The highest BCUT2D eigenvalue weighted by Gasteiger charge is 2.25. The zero-order valence-electron chi connectivity index (χ0n) is 21.8. The van der Waals surface area contributed by atoms with E-state index in [0.717, 1.165) is 27.1 Å². The molecule has 4 aromatic rings. The fourth-order valence-electron chi connectivity index (χ4n) is 3.96. The van der Waals surface area contributed by atoms with Gasteiger partial charge in [-0.2, -0.15) is 0 Å². The van der Waals surface area contributed by atoms with Crippen LogP contribution in [0.4, 0.5) is 5.00 Å². The molecule has 0 unspecified atom stereocenters. The highest BCUT2D eigenvalue weighted by Crippen LogP contribution is 2.40. The molecule has 0 saturated carbocycles. The molecule has 1 N–H and O–H groups in total. The Bertz CT molecular complexity index is 1480. The molecule has 8 heteroatoms. The number of halogens is 1. The van der Waals surface area contributed by atoms with Gasteiger partial charge >= 0.3 is 5.97 Å². The number of aryl methyl sites for hydroxylation is 1. The van der Waals surface area contributed by atoms with Crippen LogP contribution in [0.1, 0.15) is 33.3 Å². The minimum Gasteiger partial charge on any atom is -0.493 e. The number of hydrogen-bond acceptors (Lipinski definition) is 6. The van der Waals surface area contributed by atoms with E-state index in [0.29, 0.717) is 33.7 Å². The Balaban J connectivity index is 1.50. The monoisotopic (exact) mass is 561 g/mol. The maximum Gasteiger partial charge on any atom is 0.341 e. The summed E-state index contributed by atoms with van der Waals surface area (Å²) in [6.45, 7) is 4.27. The number of methoxy groups -OCH3 is 1. The first-order valence-electron chi connectivity index (χ1n) is 12.3. The van der Waals surface area contributed by atoms with Gasteiger partial charge in [0.05, 0.1) is 13.7 Å². The summed E-state index contributed by atoms with van der Waals surface area (Å²) in [6.07, 6.45) is 3.08. The highest BCUT2D eigenvalue weighted by atomic mass is 35.5. The van der Waals surface area contributed by atoms with Gasteiger partial charge in [0.15, 0.2) is 11.5 Å². The van der Waals surface area contributed by atoms with E-state index in [-0.39, 0.29) is 12.5 Å². The molecule has 0 fully saturated rings. The lowest BCUT2D eigenvalue weighted by atomic mass is 10.0. The molecule has 39 heavy (non-hydrogen) atoms. The molecule has 0 saturated heterocycles. The Morgan fingerprint density at radius 2 is 1.74 bits per heavy atom. The van der Waals surface area contributed by atoms with E-state index in [1.165, 1.54) is 17.4 Å². The van der Waals surface area contributed by atoms with Gasteiger partial charge in [0.2, 0.25) is 5.91 Å². The number of hydrogen-bond donors (Lipinski definition) is 1. The first kappa shape index (κ1) is 28.0. The average molecular weight is 562 g/mol. The van der Waals surface area contributed by atoms with E-state index in [1.54, 1.807) is 32.2 Å². The molecular formula is C31H28ClNO5S. The molecule has 0 spiro atoms. The molecule has 200 valence electrons. The van der Waals surface area contributed by atoms with Crippen molar-refractivity contribution >= 4 is 45.9 Å². The molecular weight excluding hydrogens is 534 g/mol. The summed E-state index contributed by atoms with van der Waals surface area (Å²) < 4.78 is 16.7. The number of carbonyl (C=O) groups excluding carboxylic acids is 2. The molecule has 0 aliphatic carbocycles. The van der Waals surface area contributed by atoms with Crippen molar-refractivity contribution in [3.05, 3.63) is 105 Å². The van der Waals surface area contributed by atoms with Crippen LogP contribution in [-0.4, -0.2) is 25.6 Å². The number of thiophene rings is 1. The lowest BCUT2D eigenvalue weighted by molar-refractivity contribution is -0.111. The number of carbonyl (C=O) groups is 2. The van der Waals surface area contributed by atoms with E-state index in [9.17, 15) is 9.59 Å². The van der Waals surface area contributed by atoms with Gasteiger partial charge < -0.3 is 19.5 Å². The van der Waals surface area contributed by atoms with Crippen LogP contribution in [0, 0.1) is 6.92 Å². The van der Waals surface area contributed by atoms with E-state index in [4.69, 9.17) is 25.8 Å². The summed E-state index contributed by atoms with van der Waals surface area (Å²) in [4.78, 5) is 26.7. The fraction of sp³-hybridized carbons (Fsp3) is 0.161. The van der Waals surface area contributed by atoms with Crippen molar-refractivity contribution < 1.29 is 23.8 Å². The Labute approximate surface area is 236 Å². The van der Waals surface area contributed by atoms with Gasteiger partial charge in [0.25, 0.3) is 0 Å². The number of nitrogens with one attached hydrogen (secondary N) is 1. The molecule has 0 bridgehead atoms. The second kappa shape index (κ2) is 13.1. The second-order valence-corrected chi connectivity index (χ2v) is 10.1. The summed E-state index contributed by atoms with van der Waals surface area (Å²) in [5.41, 5.74) is 3.73. The predicted molar refractivity (Wildman–Crippen MR) is 157 cm³/mol. The van der Waals surface area contributed by atoms with Crippen molar-refractivity contribution in [2.75, 3.05) is 19.0 Å². The van der Waals surface area contributed by atoms with Gasteiger partial charge in [-0.15, -0.1) is 11.3 Å². The van der Waals surface area contributed by atoms with Crippen LogP contribution in [-0.2, 0) is 16.1 Å². The largest absolute Gasteiger partial charge is 0.493 e. The first-order chi connectivity index (χ1) is 18.9. The van der Waals surface area contributed by atoms with Gasteiger partial charge in [-0.3, -0.25) is 4.79 Å². The van der Waals surface area contributed by atoms with E-state index in [2.05, 4.69) is 5.32 Å². The third kappa shape index (κ3) is 7.07. The third-order valence-corrected chi connectivity index (χ3v) is 7.06. The van der Waals surface area contributed by atoms with Crippen LogP contribution in [0.3, 0.4) is 0 Å². The maximum absolute atomic E-state index is 12.9. The van der Waals surface area contributed by atoms with Crippen LogP contribution in [0.2, 0.25) is 5.02 Å². The van der Waals surface area contributed by atoms with Crippen molar-refractivity contribution in [3.63, 3.8) is 0 Å². The lowest BCUT2D eigenvalue weighted by Gasteiger charge is -2.11. The number of benzene rings is 3. The number of ether oxygens (including phenoxy) is 3. The zero-order chi connectivity index (χ0) is 27.8. The summed E-state index contributed by atoms with van der Waals surface area (Å²) in [5.74, 6) is 0.274. The fourth-order valence-corrected chi connectivity index (χ4v) is 5.15. The SMILES string of the molecule is CCOC(=O)c1c(NC(=O)/C=C/c2ccc(OCc3ccc(Cl)cc3)c(OC)c2)sc(C)c1-c1ccccc1. The normalized spacial score (nSPS) is 10.9. The van der Waals surface area contributed by atoms with Crippen LogP contribution in [0.15, 0.2) is 78.9 Å². The minimum atomic E-state index is -0.473. The van der Waals surface area contributed by atoms with Crippen molar-refractivity contribution in [2.45, 2.75) is 20.5 Å². The Kier molecular flexibility index (Phi) is 9.41. The van der Waals surface area contributed by atoms with Crippen LogP contribution < -0.4 is 14.8 Å². The lowest BCUT2D eigenvalue weighted by Crippen LogP contribution is -2.12. The zero-order valence-corrected chi connectivity index (χ0v) is 23.4. The summed E-state index contributed by atoms with van der Waals surface area (Å²) in [6, 6.07) is 22.4. The van der Waals surface area contributed by atoms with Crippen molar-refractivity contribution in [3.8, 4) is 22.6 Å². The molecule has 1 aromatic heterocycles. The molecule has 0 atom stereocenters. The van der Waals surface area contributed by atoms with Gasteiger partial charge in [-0.1, -0.05) is 60.1 Å². The standard InChI is InChI=1S/C31H28ClNO5S/c1-4-37-31(35)29-28(23-8-6-5-7-9-23)20(2)39-30(29)33-27(34)17-13-21-12-16-25(26(18-21)36-3)38-19-22-10-14-24(32)15-11-22/h5-18H,4,19H2,1-3H3,(H,33,34)/b17-13+. The number of anilines is 1. The smallest absolute Gasteiger partial charge is 0.341 e. The third-order valence-electron chi connectivity index (χ3n) is 5.79. The number of rotatable bonds is 10. The van der Waals surface area contributed by atoms with E-state index >= 15 is 0 Å². The van der Waals surface area contributed by atoms with Gasteiger partial charge in [0, 0.05) is 21.5 Å². The first-order valence-corrected chi connectivity index (χ1v) is 13.5. The van der Waals surface area contributed by atoms with Gasteiger partial charge in [-0.25, -0.2) is 4.79 Å². The molecule has 0 aliphatic rings. The van der Waals surface area contributed by atoms with Crippen molar-refractivity contribution in [1.82, 2.24) is 0 Å². The summed E-state index contributed by atoms with van der Waals surface area (Å²) >= 11 is 7.28. The molecule has 1 amide bonds. The average Bonchev–Trinajstić information content (AvgIpc) is 3.27. The molecule has 1 heterocycles. The predicted octanol–water partition coefficient (Wildman–Crippen LogP) is 7.79. The molecule has 4 rings (SSSR count). The number of esters is 1. The minimum absolute atomic E-state index is 0.233. The van der Waals surface area contributed by atoms with Crippen LogP contribution in [0.25, 0.3) is 17.2 Å². The molecule has 0 radical (unpaired) electrons. The van der Waals surface area contributed by atoms with Crippen LogP contribution in [0.5, 0.6) is 11.5 Å². The summed E-state index contributed by atoms with van der Waals surface area (Å²) in [5, 5.41) is 3.97. The van der Waals surface area contributed by atoms with Gasteiger partial charge in [0.1, 0.15) is 17.2 Å². The van der Waals surface area contributed by atoms with E-state index < -0.39 is 5.97 Å². The Hall–Kier alpha value is -4.07. The Morgan fingerprint density at radius 3 is 2.44 bits per heavy atom. The van der Waals surface area contributed by atoms with Crippen molar-refractivity contribution in [1.29, 1.82) is 0 Å². The Morgan fingerprint density at radius 1 is 1.00 bits per heavy atom. The molecule has 6 nitrogen and oxygen atoms in total. The quantitative estimate of drug-likeness (QED) is 0.158. The molecule has 3 aromatic carbocycles.